The van der Waals surface area contributed by atoms with E-state index in [0.717, 1.165) is 11.3 Å². The summed E-state index contributed by atoms with van der Waals surface area (Å²) in [4.78, 5) is 10.2. The summed E-state index contributed by atoms with van der Waals surface area (Å²) in [6, 6.07) is 4.77. The van der Waals surface area contributed by atoms with Gasteiger partial charge in [-0.15, -0.1) is 0 Å². The van der Waals surface area contributed by atoms with Gasteiger partial charge in [0.2, 0.25) is 0 Å². The molecule has 17 heavy (non-hydrogen) atoms. The molecule has 0 saturated heterocycles. The molecule has 0 amide bonds. The number of nitro groups is 1. The van der Waals surface area contributed by atoms with E-state index in [0.29, 0.717) is 6.54 Å². The van der Waals surface area contributed by atoms with Crippen molar-refractivity contribution in [2.24, 2.45) is 0 Å². The number of nitrogens with one attached hydrogen (secondary N) is 1. The minimum Gasteiger partial charge on any atom is -0.382 e. The van der Waals surface area contributed by atoms with Crippen LogP contribution in [-0.2, 0) is 4.74 Å². The molecule has 0 atom stereocenters. The fourth-order valence-electron chi connectivity index (χ4n) is 1.34. The molecule has 1 aromatic carbocycles. The number of nitro benzene ring substituents is 1. The SMILES string of the molecule is COC(C)(C)CNc1ccc([N+](=O)[O-])cc1C. The quantitative estimate of drug-likeness (QED) is 0.632. The molecule has 94 valence electrons. The van der Waals surface area contributed by atoms with Crippen LogP contribution in [-0.4, -0.2) is 24.2 Å². The molecule has 0 fully saturated rings. The molecule has 0 radical (unpaired) electrons. The maximum atomic E-state index is 10.6. The van der Waals surface area contributed by atoms with E-state index in [1.165, 1.54) is 6.07 Å². The van der Waals surface area contributed by atoms with Gasteiger partial charge in [-0.2, -0.15) is 0 Å². The van der Waals surface area contributed by atoms with Crippen LogP contribution in [0, 0.1) is 17.0 Å². The molecular formula is C12H18N2O3. The minimum atomic E-state index is -0.393. The molecule has 0 aliphatic rings. The summed E-state index contributed by atoms with van der Waals surface area (Å²) in [5.74, 6) is 0. The summed E-state index contributed by atoms with van der Waals surface area (Å²) in [6.45, 7) is 6.43. The van der Waals surface area contributed by atoms with E-state index in [-0.39, 0.29) is 11.3 Å². The zero-order chi connectivity index (χ0) is 13.1. The number of non-ortho nitro benzene ring substituents is 1. The van der Waals surface area contributed by atoms with Crippen LogP contribution in [0.15, 0.2) is 18.2 Å². The Balaban J connectivity index is 2.77. The molecule has 0 saturated carbocycles. The molecule has 0 heterocycles. The summed E-state index contributed by atoms with van der Waals surface area (Å²) in [5, 5.41) is 13.8. The lowest BCUT2D eigenvalue weighted by Crippen LogP contribution is -2.32. The molecule has 0 aliphatic carbocycles. The van der Waals surface area contributed by atoms with Crippen LogP contribution in [0.2, 0.25) is 0 Å². The molecule has 5 nitrogen and oxygen atoms in total. The van der Waals surface area contributed by atoms with Crippen LogP contribution < -0.4 is 5.32 Å². The van der Waals surface area contributed by atoms with Crippen molar-refractivity contribution < 1.29 is 9.66 Å². The molecule has 0 aromatic heterocycles. The predicted octanol–water partition coefficient (Wildman–Crippen LogP) is 2.74. The highest BCUT2D eigenvalue weighted by atomic mass is 16.6. The van der Waals surface area contributed by atoms with Crippen LogP contribution in [0.25, 0.3) is 0 Å². The Morgan fingerprint density at radius 2 is 2.12 bits per heavy atom. The summed E-state index contributed by atoms with van der Waals surface area (Å²) in [5.41, 5.74) is 1.58. The minimum absolute atomic E-state index is 0.110. The normalized spacial score (nSPS) is 11.3. The van der Waals surface area contributed by atoms with Gasteiger partial charge in [0.05, 0.1) is 10.5 Å². The molecule has 5 heteroatoms. The Bertz CT molecular complexity index is 416. The topological polar surface area (TPSA) is 64.4 Å². The molecule has 1 N–H and O–H groups in total. The largest absolute Gasteiger partial charge is 0.382 e. The molecule has 1 rings (SSSR count). The smallest absolute Gasteiger partial charge is 0.269 e. The zero-order valence-corrected chi connectivity index (χ0v) is 10.6. The second-order valence-corrected chi connectivity index (χ2v) is 4.57. The molecule has 0 unspecified atom stereocenters. The van der Waals surface area contributed by atoms with E-state index in [4.69, 9.17) is 4.74 Å². The first-order valence-electron chi connectivity index (χ1n) is 5.40. The average molecular weight is 238 g/mol. The summed E-state index contributed by atoms with van der Waals surface area (Å²) in [7, 11) is 1.66. The van der Waals surface area contributed by atoms with Crippen molar-refractivity contribution in [1.82, 2.24) is 0 Å². The maximum absolute atomic E-state index is 10.6. The third-order valence-corrected chi connectivity index (χ3v) is 2.68. The first-order chi connectivity index (χ1) is 7.85. The Hall–Kier alpha value is -1.62. The fourth-order valence-corrected chi connectivity index (χ4v) is 1.34. The Morgan fingerprint density at radius 3 is 2.59 bits per heavy atom. The number of anilines is 1. The van der Waals surface area contributed by atoms with Gasteiger partial charge in [-0.25, -0.2) is 0 Å². The Kier molecular flexibility index (Phi) is 4.07. The standard InChI is InChI=1S/C12H18N2O3/c1-9-7-10(14(15)16)5-6-11(9)13-8-12(2,3)17-4/h5-7,13H,8H2,1-4H3. The number of hydrogen-bond acceptors (Lipinski definition) is 4. The third-order valence-electron chi connectivity index (χ3n) is 2.68. The number of nitrogens with zero attached hydrogens (tertiary/aromatic N) is 1. The van der Waals surface area contributed by atoms with Crippen molar-refractivity contribution in [3.63, 3.8) is 0 Å². The summed E-state index contributed by atoms with van der Waals surface area (Å²) in [6.07, 6.45) is 0. The summed E-state index contributed by atoms with van der Waals surface area (Å²) >= 11 is 0. The maximum Gasteiger partial charge on any atom is 0.269 e. The second-order valence-electron chi connectivity index (χ2n) is 4.57. The van der Waals surface area contributed by atoms with E-state index in [9.17, 15) is 10.1 Å². The molecule has 0 spiro atoms. The first-order valence-corrected chi connectivity index (χ1v) is 5.40. The number of methoxy groups -OCH3 is 1. The van der Waals surface area contributed by atoms with Gasteiger partial charge in [0.15, 0.2) is 0 Å². The van der Waals surface area contributed by atoms with Gasteiger partial charge in [0, 0.05) is 31.5 Å². The van der Waals surface area contributed by atoms with E-state index in [1.54, 1.807) is 19.2 Å². The fraction of sp³-hybridized carbons (Fsp3) is 0.500. The van der Waals surface area contributed by atoms with Gasteiger partial charge in [-0.05, 0) is 32.4 Å². The van der Waals surface area contributed by atoms with Crippen LogP contribution >= 0.6 is 0 Å². The van der Waals surface area contributed by atoms with Gasteiger partial charge in [0.1, 0.15) is 0 Å². The van der Waals surface area contributed by atoms with Crippen molar-refractivity contribution in [2.75, 3.05) is 19.0 Å². The average Bonchev–Trinajstić information content (AvgIpc) is 2.27. The molecular weight excluding hydrogens is 220 g/mol. The highest BCUT2D eigenvalue weighted by molar-refractivity contribution is 5.55. The number of benzene rings is 1. The highest BCUT2D eigenvalue weighted by Crippen LogP contribution is 2.22. The van der Waals surface area contributed by atoms with Crippen LogP contribution in [0.3, 0.4) is 0 Å². The first kappa shape index (κ1) is 13.4. The number of aryl methyl sites for hydroxylation is 1. The number of hydrogen-bond donors (Lipinski definition) is 1. The van der Waals surface area contributed by atoms with Gasteiger partial charge in [-0.3, -0.25) is 10.1 Å². The lowest BCUT2D eigenvalue weighted by molar-refractivity contribution is -0.384. The van der Waals surface area contributed by atoms with Crippen molar-refractivity contribution in [1.29, 1.82) is 0 Å². The van der Waals surface area contributed by atoms with Gasteiger partial charge in [0.25, 0.3) is 5.69 Å². The zero-order valence-electron chi connectivity index (χ0n) is 10.6. The van der Waals surface area contributed by atoms with Crippen molar-refractivity contribution in [3.8, 4) is 0 Å². The molecule has 1 aromatic rings. The molecule has 0 aliphatic heterocycles. The monoisotopic (exact) mass is 238 g/mol. The van der Waals surface area contributed by atoms with E-state index in [2.05, 4.69) is 5.32 Å². The van der Waals surface area contributed by atoms with Crippen molar-refractivity contribution in [3.05, 3.63) is 33.9 Å². The van der Waals surface area contributed by atoms with E-state index >= 15 is 0 Å². The number of ether oxygens (including phenoxy) is 1. The van der Waals surface area contributed by atoms with Crippen LogP contribution in [0.5, 0.6) is 0 Å². The van der Waals surface area contributed by atoms with Crippen molar-refractivity contribution in [2.45, 2.75) is 26.4 Å². The van der Waals surface area contributed by atoms with Gasteiger partial charge >= 0.3 is 0 Å². The van der Waals surface area contributed by atoms with Gasteiger partial charge in [-0.1, -0.05) is 0 Å². The van der Waals surface area contributed by atoms with E-state index in [1.807, 2.05) is 20.8 Å². The second kappa shape index (κ2) is 5.14. The lowest BCUT2D eigenvalue weighted by atomic mass is 10.1. The van der Waals surface area contributed by atoms with E-state index < -0.39 is 4.92 Å². The lowest BCUT2D eigenvalue weighted by Gasteiger charge is -2.24. The Morgan fingerprint density at radius 1 is 1.47 bits per heavy atom. The van der Waals surface area contributed by atoms with Crippen molar-refractivity contribution >= 4 is 11.4 Å². The third kappa shape index (κ3) is 3.71. The molecule has 0 bridgehead atoms. The van der Waals surface area contributed by atoms with Gasteiger partial charge < -0.3 is 10.1 Å². The van der Waals surface area contributed by atoms with Crippen LogP contribution in [0.1, 0.15) is 19.4 Å². The highest BCUT2D eigenvalue weighted by Gasteiger charge is 2.16. The van der Waals surface area contributed by atoms with Crippen LogP contribution in [0.4, 0.5) is 11.4 Å². The summed E-state index contributed by atoms with van der Waals surface area (Å²) < 4.78 is 5.29. The predicted molar refractivity (Wildman–Crippen MR) is 67.4 cm³/mol. The number of rotatable bonds is 5. The Labute approximate surface area is 101 Å².